The van der Waals surface area contributed by atoms with Crippen LogP contribution < -0.4 is 9.61 Å². The molecule has 0 amide bonds. The average molecular weight is 269 g/mol. The molecule has 1 N–H and O–H groups in total. The third kappa shape index (κ3) is 5.48. The standard InChI is InChI=1S/C13H20NO3P/c1-10(2)16-13(15)11(3)14-18(4)17-12-8-6-5-7-9-12/h5-11,14H,1-4H3/t11-,18-/m0/s1. The fraction of sp³-hybridized carbons (Fsp3) is 0.462. The van der Waals surface area contributed by atoms with Gasteiger partial charge in [-0.15, -0.1) is 0 Å². The Hall–Kier alpha value is -1.12. The summed E-state index contributed by atoms with van der Waals surface area (Å²) >= 11 is 0. The molecule has 1 aromatic rings. The number of nitrogens with one attached hydrogen (secondary N) is 1. The van der Waals surface area contributed by atoms with E-state index in [-0.39, 0.29) is 18.1 Å². The molecule has 0 saturated carbocycles. The summed E-state index contributed by atoms with van der Waals surface area (Å²) in [6.45, 7) is 7.36. The molecule has 5 heteroatoms. The molecule has 1 rings (SSSR count). The fourth-order valence-corrected chi connectivity index (χ4v) is 2.47. The van der Waals surface area contributed by atoms with Crippen molar-refractivity contribution in [1.29, 1.82) is 0 Å². The zero-order valence-corrected chi connectivity index (χ0v) is 12.1. The number of hydrogen-bond donors (Lipinski definition) is 1. The van der Waals surface area contributed by atoms with Gasteiger partial charge in [0.05, 0.1) is 6.10 Å². The van der Waals surface area contributed by atoms with Crippen molar-refractivity contribution in [3.63, 3.8) is 0 Å². The number of benzene rings is 1. The van der Waals surface area contributed by atoms with E-state index in [0.29, 0.717) is 0 Å². The first-order valence-corrected chi connectivity index (χ1v) is 7.63. The Balaban J connectivity index is 2.40. The number of para-hydroxylation sites is 1. The van der Waals surface area contributed by atoms with Crippen LogP contribution in [0.25, 0.3) is 0 Å². The van der Waals surface area contributed by atoms with Crippen LogP contribution in [0.2, 0.25) is 0 Å². The van der Waals surface area contributed by atoms with E-state index in [1.165, 1.54) is 0 Å². The van der Waals surface area contributed by atoms with Crippen molar-refractivity contribution in [3.8, 4) is 5.75 Å². The molecule has 0 aliphatic carbocycles. The highest BCUT2D eigenvalue weighted by Crippen LogP contribution is 2.30. The molecule has 0 spiro atoms. The van der Waals surface area contributed by atoms with Crippen LogP contribution in [0, 0.1) is 0 Å². The Morgan fingerprint density at radius 1 is 1.22 bits per heavy atom. The molecule has 1 aromatic carbocycles. The molecule has 0 heterocycles. The van der Waals surface area contributed by atoms with Crippen LogP contribution in [0.4, 0.5) is 0 Å². The minimum Gasteiger partial charge on any atom is -0.462 e. The predicted molar refractivity (Wildman–Crippen MR) is 73.7 cm³/mol. The van der Waals surface area contributed by atoms with Crippen molar-refractivity contribution in [1.82, 2.24) is 5.09 Å². The first-order valence-electron chi connectivity index (χ1n) is 5.92. The van der Waals surface area contributed by atoms with Gasteiger partial charge in [-0.1, -0.05) is 18.2 Å². The molecule has 0 aliphatic rings. The normalized spacial score (nSPS) is 14.1. The van der Waals surface area contributed by atoms with Gasteiger partial charge >= 0.3 is 5.97 Å². The maximum Gasteiger partial charge on any atom is 0.323 e. The summed E-state index contributed by atoms with van der Waals surface area (Å²) in [5.74, 6) is 0.541. The van der Waals surface area contributed by atoms with E-state index in [1.54, 1.807) is 6.92 Å². The molecule has 4 nitrogen and oxygen atoms in total. The quantitative estimate of drug-likeness (QED) is 0.637. The molecule has 0 unspecified atom stereocenters. The van der Waals surface area contributed by atoms with Gasteiger partial charge < -0.3 is 9.26 Å². The lowest BCUT2D eigenvalue weighted by Crippen LogP contribution is -2.34. The summed E-state index contributed by atoms with van der Waals surface area (Å²) in [4.78, 5) is 11.6. The molecule has 100 valence electrons. The lowest BCUT2D eigenvalue weighted by Gasteiger charge is -2.20. The predicted octanol–water partition coefficient (Wildman–Crippen LogP) is 2.94. The van der Waals surface area contributed by atoms with Gasteiger partial charge in [0.1, 0.15) is 11.8 Å². The summed E-state index contributed by atoms with van der Waals surface area (Å²) in [5.41, 5.74) is 0. The smallest absolute Gasteiger partial charge is 0.323 e. The highest BCUT2D eigenvalue weighted by molar-refractivity contribution is 7.49. The van der Waals surface area contributed by atoms with Crippen molar-refractivity contribution in [2.45, 2.75) is 32.9 Å². The number of carbonyl (C=O) groups excluding carboxylic acids is 1. The Morgan fingerprint density at radius 2 is 1.83 bits per heavy atom. The highest BCUT2D eigenvalue weighted by atomic mass is 31.2. The monoisotopic (exact) mass is 269 g/mol. The van der Waals surface area contributed by atoms with E-state index in [0.717, 1.165) is 5.75 Å². The second kappa shape index (κ2) is 7.34. The number of carbonyl (C=O) groups is 1. The molecule has 0 saturated heterocycles. The third-order valence-corrected chi connectivity index (χ3v) is 3.30. The van der Waals surface area contributed by atoms with Crippen LogP contribution in [-0.2, 0) is 9.53 Å². The Bertz CT molecular complexity index is 370. The van der Waals surface area contributed by atoms with E-state index in [9.17, 15) is 4.79 Å². The molecular weight excluding hydrogens is 249 g/mol. The van der Waals surface area contributed by atoms with Gasteiger partial charge in [-0.05, 0) is 32.9 Å². The summed E-state index contributed by atoms with van der Waals surface area (Å²) < 4.78 is 10.8. The van der Waals surface area contributed by atoms with Gasteiger partial charge in [-0.2, -0.15) is 0 Å². The van der Waals surface area contributed by atoms with Gasteiger partial charge in [-0.3, -0.25) is 9.88 Å². The molecular formula is C13H20NO3P. The SMILES string of the molecule is CC(C)OC(=O)[C@H](C)N[P@](C)Oc1ccccc1. The largest absolute Gasteiger partial charge is 0.462 e. The first-order chi connectivity index (χ1) is 8.49. The van der Waals surface area contributed by atoms with Gasteiger partial charge in [0.25, 0.3) is 0 Å². The van der Waals surface area contributed by atoms with Crippen LogP contribution in [0.5, 0.6) is 5.75 Å². The molecule has 0 aromatic heterocycles. The van der Waals surface area contributed by atoms with E-state index in [2.05, 4.69) is 5.09 Å². The van der Waals surface area contributed by atoms with Crippen molar-refractivity contribution in [3.05, 3.63) is 30.3 Å². The highest BCUT2D eigenvalue weighted by Gasteiger charge is 2.18. The van der Waals surface area contributed by atoms with Crippen LogP contribution in [-0.4, -0.2) is 24.8 Å². The van der Waals surface area contributed by atoms with E-state index >= 15 is 0 Å². The Kier molecular flexibility index (Phi) is 6.10. The summed E-state index contributed by atoms with van der Waals surface area (Å²) in [7, 11) is -0.905. The van der Waals surface area contributed by atoms with Gasteiger partial charge in [-0.25, -0.2) is 0 Å². The van der Waals surface area contributed by atoms with Gasteiger partial charge in [0, 0.05) is 6.66 Å². The maximum absolute atomic E-state index is 11.6. The van der Waals surface area contributed by atoms with Gasteiger partial charge in [0.15, 0.2) is 8.30 Å². The number of rotatable bonds is 6. The zero-order chi connectivity index (χ0) is 13.5. The molecule has 0 bridgehead atoms. The lowest BCUT2D eigenvalue weighted by atomic mass is 10.3. The van der Waals surface area contributed by atoms with Crippen molar-refractivity contribution in [2.24, 2.45) is 0 Å². The minimum absolute atomic E-state index is 0.0973. The lowest BCUT2D eigenvalue weighted by molar-refractivity contribution is -0.148. The molecule has 0 radical (unpaired) electrons. The molecule has 0 aliphatic heterocycles. The Morgan fingerprint density at radius 3 is 2.39 bits per heavy atom. The fourth-order valence-electron chi connectivity index (χ4n) is 1.33. The van der Waals surface area contributed by atoms with Crippen LogP contribution in [0.1, 0.15) is 20.8 Å². The minimum atomic E-state index is -0.905. The van der Waals surface area contributed by atoms with Crippen LogP contribution in [0.3, 0.4) is 0 Å². The van der Waals surface area contributed by atoms with E-state index < -0.39 is 8.30 Å². The maximum atomic E-state index is 11.6. The first kappa shape index (κ1) is 14.9. The number of hydrogen-bond acceptors (Lipinski definition) is 4. The van der Waals surface area contributed by atoms with Crippen molar-refractivity contribution >= 4 is 14.3 Å². The molecule has 2 atom stereocenters. The molecule has 18 heavy (non-hydrogen) atoms. The van der Waals surface area contributed by atoms with Crippen LogP contribution >= 0.6 is 8.30 Å². The van der Waals surface area contributed by atoms with Crippen molar-refractivity contribution < 1.29 is 14.1 Å². The average Bonchev–Trinajstić information content (AvgIpc) is 2.29. The van der Waals surface area contributed by atoms with E-state index in [4.69, 9.17) is 9.26 Å². The van der Waals surface area contributed by atoms with Gasteiger partial charge in [0.2, 0.25) is 0 Å². The number of ether oxygens (including phenoxy) is 1. The Labute approximate surface area is 110 Å². The topological polar surface area (TPSA) is 47.6 Å². The summed E-state index contributed by atoms with van der Waals surface area (Å²) in [6, 6.07) is 9.16. The summed E-state index contributed by atoms with van der Waals surface area (Å²) in [6.07, 6.45) is -0.0973. The second-order valence-electron chi connectivity index (χ2n) is 4.24. The zero-order valence-electron chi connectivity index (χ0n) is 11.2. The van der Waals surface area contributed by atoms with Crippen molar-refractivity contribution in [2.75, 3.05) is 6.66 Å². The summed E-state index contributed by atoms with van der Waals surface area (Å²) in [5, 5.41) is 3.10. The second-order valence-corrected chi connectivity index (χ2v) is 5.67. The third-order valence-electron chi connectivity index (χ3n) is 2.07. The number of esters is 1. The van der Waals surface area contributed by atoms with E-state index in [1.807, 2.05) is 50.8 Å². The van der Waals surface area contributed by atoms with Crippen LogP contribution in [0.15, 0.2) is 30.3 Å². The molecule has 0 fully saturated rings.